The Morgan fingerprint density at radius 1 is 1.12 bits per heavy atom. The number of benzene rings is 2. The Morgan fingerprint density at radius 2 is 1.85 bits per heavy atom. The number of Topliss-reactive ketones (excluding diaryl/α,β-unsaturated/α-hetero) is 1. The lowest BCUT2D eigenvalue weighted by Crippen LogP contribution is -2.12. The van der Waals surface area contributed by atoms with E-state index in [2.05, 4.69) is 15.5 Å². The van der Waals surface area contributed by atoms with Crippen molar-refractivity contribution < 1.29 is 14.1 Å². The molecule has 26 heavy (non-hydrogen) atoms. The van der Waals surface area contributed by atoms with Crippen LogP contribution in [0.4, 0.5) is 5.69 Å². The highest BCUT2D eigenvalue weighted by Gasteiger charge is 2.13. The molecule has 0 spiro atoms. The van der Waals surface area contributed by atoms with Crippen LogP contribution in [0.25, 0.3) is 11.4 Å². The largest absolute Gasteiger partial charge is 0.339 e. The minimum atomic E-state index is -0.182. The zero-order valence-electron chi connectivity index (χ0n) is 14.0. The van der Waals surface area contributed by atoms with Crippen LogP contribution in [0.15, 0.2) is 53.1 Å². The molecule has 1 amide bonds. The molecule has 0 aliphatic carbocycles. The third-order valence-electron chi connectivity index (χ3n) is 3.72. The molecule has 0 unspecified atom stereocenters. The van der Waals surface area contributed by atoms with Crippen molar-refractivity contribution in [1.29, 1.82) is 0 Å². The van der Waals surface area contributed by atoms with Crippen LogP contribution in [0.5, 0.6) is 0 Å². The highest BCUT2D eigenvalue weighted by atomic mass is 35.5. The van der Waals surface area contributed by atoms with Crippen LogP contribution in [0, 0.1) is 0 Å². The van der Waals surface area contributed by atoms with E-state index in [9.17, 15) is 9.59 Å². The number of rotatable bonds is 6. The maximum Gasteiger partial charge on any atom is 0.227 e. The molecule has 0 atom stereocenters. The van der Waals surface area contributed by atoms with Crippen LogP contribution < -0.4 is 5.32 Å². The summed E-state index contributed by atoms with van der Waals surface area (Å²) in [5.74, 6) is 0.555. The first-order valence-corrected chi connectivity index (χ1v) is 8.39. The van der Waals surface area contributed by atoms with Crippen molar-refractivity contribution in [2.75, 3.05) is 5.32 Å². The Bertz CT molecular complexity index is 935. The molecule has 0 fully saturated rings. The number of nitrogens with zero attached hydrogens (tertiary/aromatic N) is 2. The van der Waals surface area contributed by atoms with Gasteiger partial charge in [-0.2, -0.15) is 4.98 Å². The maximum absolute atomic E-state index is 12.0. The number of ketones is 1. The van der Waals surface area contributed by atoms with E-state index in [1.54, 1.807) is 36.4 Å². The van der Waals surface area contributed by atoms with Gasteiger partial charge in [-0.15, -0.1) is 0 Å². The average Bonchev–Trinajstić information content (AvgIpc) is 3.09. The molecule has 3 aromatic rings. The Labute approximate surface area is 155 Å². The zero-order chi connectivity index (χ0) is 18.5. The molecular formula is C19H16ClN3O3. The lowest BCUT2D eigenvalue weighted by Gasteiger charge is -2.04. The second kappa shape index (κ2) is 7.93. The van der Waals surface area contributed by atoms with Gasteiger partial charge in [0.15, 0.2) is 5.78 Å². The monoisotopic (exact) mass is 369 g/mol. The molecule has 0 aliphatic rings. The van der Waals surface area contributed by atoms with Crippen LogP contribution in [0.1, 0.15) is 29.6 Å². The van der Waals surface area contributed by atoms with Crippen molar-refractivity contribution in [2.24, 2.45) is 0 Å². The second-order valence-electron chi connectivity index (χ2n) is 5.67. The predicted molar refractivity (Wildman–Crippen MR) is 98.1 cm³/mol. The number of aromatic nitrogens is 2. The molecule has 7 heteroatoms. The summed E-state index contributed by atoms with van der Waals surface area (Å²) in [6.07, 6.45) is 0.507. The minimum Gasteiger partial charge on any atom is -0.339 e. The van der Waals surface area contributed by atoms with Gasteiger partial charge in [0.25, 0.3) is 0 Å². The van der Waals surface area contributed by atoms with Crippen molar-refractivity contribution in [1.82, 2.24) is 10.1 Å². The van der Waals surface area contributed by atoms with Crippen molar-refractivity contribution in [3.63, 3.8) is 0 Å². The van der Waals surface area contributed by atoms with Crippen LogP contribution in [-0.4, -0.2) is 21.8 Å². The number of carbonyl (C=O) groups excluding carboxylic acids is 2. The molecule has 0 radical (unpaired) electrons. The SMILES string of the molecule is CC(=O)c1ccc(NC(=O)CCc2nc(-c3ccccc3Cl)no2)cc1. The second-order valence-corrected chi connectivity index (χ2v) is 6.08. The molecule has 2 aromatic carbocycles. The zero-order valence-corrected chi connectivity index (χ0v) is 14.8. The Balaban J connectivity index is 1.56. The van der Waals surface area contributed by atoms with Crippen LogP contribution in [0.2, 0.25) is 5.02 Å². The lowest BCUT2D eigenvalue weighted by molar-refractivity contribution is -0.116. The molecule has 132 valence electrons. The normalized spacial score (nSPS) is 10.5. The average molecular weight is 370 g/mol. The Morgan fingerprint density at radius 3 is 2.54 bits per heavy atom. The number of carbonyl (C=O) groups is 2. The summed E-state index contributed by atoms with van der Waals surface area (Å²) < 4.78 is 5.18. The number of hydrogen-bond acceptors (Lipinski definition) is 5. The summed E-state index contributed by atoms with van der Waals surface area (Å²) in [6.45, 7) is 1.49. The number of nitrogens with one attached hydrogen (secondary N) is 1. The maximum atomic E-state index is 12.0. The van der Waals surface area contributed by atoms with Crippen molar-refractivity contribution in [2.45, 2.75) is 19.8 Å². The van der Waals surface area contributed by atoms with E-state index in [-0.39, 0.29) is 18.1 Å². The van der Waals surface area contributed by atoms with Gasteiger partial charge in [0.2, 0.25) is 17.6 Å². The summed E-state index contributed by atoms with van der Waals surface area (Å²) in [4.78, 5) is 27.6. The minimum absolute atomic E-state index is 0.0198. The predicted octanol–water partition coefficient (Wildman–Crippen LogP) is 4.16. The summed E-state index contributed by atoms with van der Waals surface area (Å²) in [5.41, 5.74) is 1.91. The smallest absolute Gasteiger partial charge is 0.227 e. The van der Waals surface area contributed by atoms with Crippen molar-refractivity contribution in [3.8, 4) is 11.4 Å². The molecule has 0 saturated heterocycles. The Kier molecular flexibility index (Phi) is 5.43. The molecule has 0 aliphatic heterocycles. The van der Waals surface area contributed by atoms with E-state index in [1.165, 1.54) is 6.92 Å². The summed E-state index contributed by atoms with van der Waals surface area (Å²) in [6, 6.07) is 13.9. The molecule has 1 N–H and O–H groups in total. The van der Waals surface area contributed by atoms with E-state index in [0.717, 1.165) is 0 Å². The quantitative estimate of drug-likeness (QED) is 0.659. The number of hydrogen-bond donors (Lipinski definition) is 1. The highest BCUT2D eigenvalue weighted by Crippen LogP contribution is 2.25. The summed E-state index contributed by atoms with van der Waals surface area (Å²) >= 11 is 6.11. The van der Waals surface area contributed by atoms with E-state index in [0.29, 0.717) is 40.0 Å². The third kappa shape index (κ3) is 4.34. The van der Waals surface area contributed by atoms with Gasteiger partial charge in [0, 0.05) is 29.7 Å². The third-order valence-corrected chi connectivity index (χ3v) is 4.05. The van der Waals surface area contributed by atoms with Crippen molar-refractivity contribution >= 4 is 29.0 Å². The van der Waals surface area contributed by atoms with Crippen LogP contribution in [-0.2, 0) is 11.2 Å². The first kappa shape index (κ1) is 17.8. The van der Waals surface area contributed by atoms with E-state index < -0.39 is 0 Å². The van der Waals surface area contributed by atoms with E-state index in [4.69, 9.17) is 16.1 Å². The summed E-state index contributed by atoms with van der Waals surface area (Å²) in [7, 11) is 0. The number of aryl methyl sites for hydroxylation is 1. The van der Waals surface area contributed by atoms with Gasteiger partial charge in [0.05, 0.1) is 5.02 Å². The molecule has 1 heterocycles. The molecule has 6 nitrogen and oxygen atoms in total. The van der Waals surface area contributed by atoms with Gasteiger partial charge in [-0.25, -0.2) is 0 Å². The van der Waals surface area contributed by atoms with E-state index >= 15 is 0 Å². The van der Waals surface area contributed by atoms with Gasteiger partial charge >= 0.3 is 0 Å². The van der Waals surface area contributed by atoms with Gasteiger partial charge in [-0.1, -0.05) is 28.9 Å². The molecule has 3 rings (SSSR count). The fourth-order valence-electron chi connectivity index (χ4n) is 2.34. The van der Waals surface area contributed by atoms with Gasteiger partial charge < -0.3 is 9.84 Å². The first-order valence-electron chi connectivity index (χ1n) is 8.01. The fraction of sp³-hybridized carbons (Fsp3) is 0.158. The topological polar surface area (TPSA) is 85.1 Å². The first-order chi connectivity index (χ1) is 12.5. The number of anilines is 1. The van der Waals surface area contributed by atoms with E-state index in [1.807, 2.05) is 12.1 Å². The van der Waals surface area contributed by atoms with Crippen LogP contribution in [0.3, 0.4) is 0 Å². The van der Waals surface area contributed by atoms with Crippen LogP contribution >= 0.6 is 11.6 Å². The van der Waals surface area contributed by atoms with Crippen molar-refractivity contribution in [3.05, 3.63) is 65.0 Å². The molecule has 0 saturated carbocycles. The van der Waals surface area contributed by atoms with Gasteiger partial charge in [0.1, 0.15) is 0 Å². The van der Waals surface area contributed by atoms with Gasteiger partial charge in [-0.05, 0) is 43.3 Å². The standard InChI is InChI=1S/C19H16ClN3O3/c1-12(24)13-6-8-14(9-7-13)21-17(25)10-11-18-22-19(23-26-18)15-4-2-3-5-16(15)20/h2-9H,10-11H2,1H3,(H,21,25). The fourth-order valence-corrected chi connectivity index (χ4v) is 2.56. The van der Waals surface area contributed by atoms with Gasteiger partial charge in [-0.3, -0.25) is 9.59 Å². The highest BCUT2D eigenvalue weighted by molar-refractivity contribution is 6.33. The summed E-state index contributed by atoms with van der Waals surface area (Å²) in [5, 5.41) is 7.20. The number of amides is 1. The lowest BCUT2D eigenvalue weighted by atomic mass is 10.1. The Hall–Kier alpha value is -2.99. The molecular weight excluding hydrogens is 354 g/mol. The molecule has 0 bridgehead atoms. The number of halogens is 1. The molecule has 1 aromatic heterocycles.